The zero-order chi connectivity index (χ0) is 17.6. The molecule has 4 rings (SSSR count). The highest BCUT2D eigenvalue weighted by Gasteiger charge is 2.14. The zero-order valence-corrected chi connectivity index (χ0v) is 15.4. The number of halogens is 3. The van der Waals surface area contributed by atoms with Gasteiger partial charge in [0.2, 0.25) is 0 Å². The van der Waals surface area contributed by atoms with Crippen molar-refractivity contribution in [2.75, 3.05) is 0 Å². The summed E-state index contributed by atoms with van der Waals surface area (Å²) in [6.45, 7) is 1.89. The van der Waals surface area contributed by atoms with Crippen LogP contribution in [-0.4, -0.2) is 15.0 Å². The van der Waals surface area contributed by atoms with Crippen molar-refractivity contribution >= 4 is 45.6 Å². The summed E-state index contributed by atoms with van der Waals surface area (Å²) in [5.74, 6) is -0.439. The van der Waals surface area contributed by atoms with Gasteiger partial charge in [0.15, 0.2) is 0 Å². The Kier molecular flexibility index (Phi) is 4.23. The molecule has 3 aromatic heterocycles. The topological polar surface area (TPSA) is 41.6 Å². The Morgan fingerprint density at radius 2 is 2.08 bits per heavy atom. The Balaban J connectivity index is 1.78. The molecule has 0 spiro atoms. The number of aromatic nitrogens is 3. The summed E-state index contributed by atoms with van der Waals surface area (Å²) in [5.41, 5.74) is 4.03. The third-order valence-electron chi connectivity index (χ3n) is 3.97. The van der Waals surface area contributed by atoms with Crippen LogP contribution in [0, 0.1) is 12.7 Å². The number of aromatic amines is 1. The Morgan fingerprint density at radius 3 is 2.84 bits per heavy atom. The van der Waals surface area contributed by atoms with Crippen molar-refractivity contribution in [3.8, 4) is 11.1 Å². The molecule has 0 saturated carbocycles. The fourth-order valence-corrected chi connectivity index (χ4v) is 4.12. The summed E-state index contributed by atoms with van der Waals surface area (Å²) in [4.78, 5) is 12.0. The third kappa shape index (κ3) is 3.03. The summed E-state index contributed by atoms with van der Waals surface area (Å²) in [5, 5.41) is 1.94. The van der Waals surface area contributed by atoms with Gasteiger partial charge in [-0.25, -0.2) is 14.4 Å². The Labute approximate surface area is 157 Å². The normalized spacial score (nSPS) is 11.4. The number of thiazole rings is 1. The number of hydrogen-bond acceptors (Lipinski definition) is 3. The molecule has 3 nitrogen and oxygen atoms in total. The van der Waals surface area contributed by atoms with Gasteiger partial charge in [0.1, 0.15) is 15.8 Å². The first-order valence-electron chi connectivity index (χ1n) is 7.55. The fourth-order valence-electron chi connectivity index (χ4n) is 2.76. The third-order valence-corrected chi connectivity index (χ3v) is 5.80. The number of benzene rings is 1. The summed E-state index contributed by atoms with van der Waals surface area (Å²) in [6, 6.07) is 6.82. The van der Waals surface area contributed by atoms with E-state index in [2.05, 4.69) is 15.0 Å². The highest BCUT2D eigenvalue weighted by Crippen LogP contribution is 2.35. The minimum atomic E-state index is -0.439. The molecule has 0 bridgehead atoms. The number of hydrogen-bond donors (Lipinski definition) is 1. The van der Waals surface area contributed by atoms with Crippen molar-refractivity contribution in [1.29, 1.82) is 0 Å². The van der Waals surface area contributed by atoms with Crippen LogP contribution in [0.2, 0.25) is 9.36 Å². The van der Waals surface area contributed by atoms with Gasteiger partial charge in [-0.15, -0.1) is 11.3 Å². The van der Waals surface area contributed by atoms with Crippen LogP contribution in [0.1, 0.15) is 16.3 Å². The van der Waals surface area contributed by atoms with Gasteiger partial charge in [-0.3, -0.25) is 0 Å². The van der Waals surface area contributed by atoms with Gasteiger partial charge >= 0.3 is 0 Å². The van der Waals surface area contributed by atoms with E-state index in [1.807, 2.05) is 13.0 Å². The molecule has 1 N–H and O–H groups in total. The molecule has 0 unspecified atom stereocenters. The first kappa shape index (κ1) is 16.5. The lowest BCUT2D eigenvalue weighted by Crippen LogP contribution is -1.90. The number of fused-ring (bicyclic) bond motifs is 1. The van der Waals surface area contributed by atoms with Crippen LogP contribution in [0.3, 0.4) is 0 Å². The second-order valence-electron chi connectivity index (χ2n) is 5.69. The van der Waals surface area contributed by atoms with E-state index in [0.717, 1.165) is 32.9 Å². The number of nitrogens with zero attached hydrogens (tertiary/aromatic N) is 2. The minimum Gasteiger partial charge on any atom is -0.346 e. The quantitative estimate of drug-likeness (QED) is 0.462. The van der Waals surface area contributed by atoms with Gasteiger partial charge in [-0.2, -0.15) is 0 Å². The summed E-state index contributed by atoms with van der Waals surface area (Å²) in [7, 11) is 0. The van der Waals surface area contributed by atoms with Crippen LogP contribution in [0.25, 0.3) is 22.2 Å². The molecule has 0 radical (unpaired) electrons. The molecule has 0 amide bonds. The van der Waals surface area contributed by atoms with Gasteiger partial charge in [0, 0.05) is 35.3 Å². The monoisotopic (exact) mass is 391 g/mol. The van der Waals surface area contributed by atoms with Crippen molar-refractivity contribution < 1.29 is 4.39 Å². The standard InChI is InChI=1S/C18H12Cl2FN3S/c1-9-17(20)25-15(24-9)6-10-5-12-13(8-23-18(12)22-7-10)11-3-2-4-14(21)16(11)19/h2-5,7-8H,6H2,1H3,(H,22,23). The van der Waals surface area contributed by atoms with Gasteiger partial charge in [0.05, 0.1) is 15.7 Å². The van der Waals surface area contributed by atoms with Crippen LogP contribution in [0.15, 0.2) is 36.7 Å². The van der Waals surface area contributed by atoms with Crippen molar-refractivity contribution in [2.45, 2.75) is 13.3 Å². The Hall–Kier alpha value is -1.95. The van der Waals surface area contributed by atoms with Crippen LogP contribution >= 0.6 is 34.5 Å². The average Bonchev–Trinajstić information content (AvgIpc) is 3.13. The molecule has 0 aliphatic heterocycles. The smallest absolute Gasteiger partial charge is 0.142 e. The number of aryl methyl sites for hydroxylation is 1. The molecule has 4 aromatic rings. The Morgan fingerprint density at radius 1 is 1.24 bits per heavy atom. The van der Waals surface area contributed by atoms with Crippen molar-refractivity contribution in [1.82, 2.24) is 15.0 Å². The number of pyridine rings is 1. The SMILES string of the molecule is Cc1nc(Cc2cnc3[nH]cc(-c4cccc(F)c4Cl)c3c2)sc1Cl. The first-order chi connectivity index (χ1) is 12.0. The lowest BCUT2D eigenvalue weighted by molar-refractivity contribution is 0.629. The first-order valence-corrected chi connectivity index (χ1v) is 9.12. The van der Waals surface area contributed by atoms with E-state index in [1.165, 1.54) is 17.4 Å². The average molecular weight is 392 g/mol. The van der Waals surface area contributed by atoms with Crippen molar-refractivity contribution in [2.24, 2.45) is 0 Å². The van der Waals surface area contributed by atoms with Crippen LogP contribution in [0.4, 0.5) is 4.39 Å². The lowest BCUT2D eigenvalue weighted by atomic mass is 10.0. The molecule has 126 valence electrons. The van der Waals surface area contributed by atoms with Crippen molar-refractivity contribution in [3.05, 3.63) is 68.1 Å². The Bertz CT molecular complexity index is 1070. The summed E-state index contributed by atoms with van der Waals surface area (Å²) in [6.07, 6.45) is 4.25. The number of rotatable bonds is 3. The van der Waals surface area contributed by atoms with Crippen molar-refractivity contribution in [3.63, 3.8) is 0 Å². The molecule has 0 fully saturated rings. The summed E-state index contributed by atoms with van der Waals surface area (Å²) < 4.78 is 14.5. The summed E-state index contributed by atoms with van der Waals surface area (Å²) >= 11 is 13.7. The predicted octanol–water partition coefficient (Wildman–Crippen LogP) is 6.03. The highest BCUT2D eigenvalue weighted by atomic mass is 35.5. The molecule has 0 saturated heterocycles. The molecule has 0 aliphatic rings. The van der Waals surface area contributed by atoms with E-state index >= 15 is 0 Å². The lowest BCUT2D eigenvalue weighted by Gasteiger charge is -2.05. The number of nitrogens with one attached hydrogen (secondary N) is 1. The van der Waals surface area contributed by atoms with E-state index in [9.17, 15) is 4.39 Å². The fraction of sp³-hybridized carbons (Fsp3) is 0.111. The van der Waals surface area contributed by atoms with E-state index in [1.54, 1.807) is 24.5 Å². The maximum atomic E-state index is 13.8. The predicted molar refractivity (Wildman–Crippen MR) is 101 cm³/mol. The maximum Gasteiger partial charge on any atom is 0.142 e. The largest absolute Gasteiger partial charge is 0.346 e. The molecule has 0 aliphatic carbocycles. The van der Waals surface area contributed by atoms with E-state index in [4.69, 9.17) is 23.2 Å². The van der Waals surface area contributed by atoms with Gasteiger partial charge in [0.25, 0.3) is 0 Å². The molecule has 0 atom stereocenters. The van der Waals surface area contributed by atoms with E-state index < -0.39 is 5.82 Å². The van der Waals surface area contributed by atoms with Crippen LogP contribution in [0.5, 0.6) is 0 Å². The molecular formula is C18H12Cl2FN3S. The van der Waals surface area contributed by atoms with Gasteiger partial charge in [-0.05, 0) is 24.6 Å². The minimum absolute atomic E-state index is 0.108. The van der Waals surface area contributed by atoms with E-state index in [0.29, 0.717) is 16.3 Å². The molecule has 3 heterocycles. The number of H-pyrrole nitrogens is 1. The van der Waals surface area contributed by atoms with Crippen LogP contribution < -0.4 is 0 Å². The molecule has 7 heteroatoms. The zero-order valence-electron chi connectivity index (χ0n) is 13.1. The van der Waals surface area contributed by atoms with E-state index in [-0.39, 0.29) is 5.02 Å². The van der Waals surface area contributed by atoms with Crippen LogP contribution in [-0.2, 0) is 6.42 Å². The van der Waals surface area contributed by atoms with Gasteiger partial charge < -0.3 is 4.98 Å². The molecule has 1 aromatic carbocycles. The van der Waals surface area contributed by atoms with Gasteiger partial charge in [-0.1, -0.05) is 35.3 Å². The highest BCUT2D eigenvalue weighted by molar-refractivity contribution is 7.16. The molecular weight excluding hydrogens is 380 g/mol. The second-order valence-corrected chi connectivity index (χ2v) is 7.75. The molecule has 25 heavy (non-hydrogen) atoms. The second kappa shape index (κ2) is 6.41. The maximum absolute atomic E-state index is 13.8.